The summed E-state index contributed by atoms with van der Waals surface area (Å²) in [6.45, 7) is 0. The molecule has 6 nitrogen and oxygen atoms in total. The van der Waals surface area contributed by atoms with E-state index in [1.54, 1.807) is 6.07 Å². The lowest BCUT2D eigenvalue weighted by atomic mass is 9.99. The van der Waals surface area contributed by atoms with Gasteiger partial charge in [-0.25, -0.2) is 0 Å². The third kappa shape index (κ3) is 3.18. The second-order valence-corrected chi connectivity index (χ2v) is 6.47. The largest absolute Gasteiger partial charge is 0.539 e. The van der Waals surface area contributed by atoms with Crippen LogP contribution in [0.1, 0.15) is 23.6 Å². The van der Waals surface area contributed by atoms with Crippen molar-refractivity contribution in [2.45, 2.75) is 12.5 Å². The second kappa shape index (κ2) is 6.38. The average molecular weight is 375 g/mol. The molecule has 0 bridgehead atoms. The molecule has 0 aliphatic carbocycles. The van der Waals surface area contributed by atoms with Crippen molar-refractivity contribution < 1.29 is 14.3 Å². The molecule has 25 heavy (non-hydrogen) atoms. The molecular formula is C17H12Cl2N4O2. The van der Waals surface area contributed by atoms with E-state index in [1.165, 1.54) is 10.9 Å². The molecule has 1 atom stereocenters. The molecule has 1 aliphatic heterocycles. The normalized spacial score (nSPS) is 16.6. The maximum atomic E-state index is 11.1. The number of nitrogens with one attached hydrogen (secondary N) is 1. The molecule has 0 spiro atoms. The molecule has 0 amide bonds. The summed E-state index contributed by atoms with van der Waals surface area (Å²) < 4.78 is 5.92. The lowest BCUT2D eigenvalue weighted by molar-refractivity contribution is -0.670. The Labute approximate surface area is 153 Å². The van der Waals surface area contributed by atoms with Crippen LogP contribution in [0.15, 0.2) is 58.3 Å². The smallest absolute Gasteiger partial charge is 0.239 e. The van der Waals surface area contributed by atoms with Crippen molar-refractivity contribution in [1.82, 2.24) is 10.7 Å². The van der Waals surface area contributed by atoms with Gasteiger partial charge in [-0.1, -0.05) is 29.3 Å². The van der Waals surface area contributed by atoms with Gasteiger partial charge in [0.2, 0.25) is 11.9 Å². The van der Waals surface area contributed by atoms with E-state index in [9.17, 15) is 5.11 Å². The number of aromatic nitrogens is 2. The van der Waals surface area contributed by atoms with E-state index in [2.05, 4.69) is 20.3 Å². The average Bonchev–Trinajstić information content (AvgIpc) is 3.24. The minimum absolute atomic E-state index is 0.00683. The van der Waals surface area contributed by atoms with Gasteiger partial charge < -0.3 is 15.1 Å². The number of rotatable bonds is 3. The van der Waals surface area contributed by atoms with Crippen LogP contribution in [0.4, 0.5) is 0 Å². The third-order valence-corrected chi connectivity index (χ3v) is 4.56. The van der Waals surface area contributed by atoms with Crippen LogP contribution in [0.3, 0.4) is 0 Å². The van der Waals surface area contributed by atoms with E-state index in [-0.39, 0.29) is 6.04 Å². The maximum Gasteiger partial charge on any atom is 0.239 e. The Hall–Kier alpha value is -2.57. The number of halogens is 2. The molecule has 8 heteroatoms. The summed E-state index contributed by atoms with van der Waals surface area (Å²) in [5.74, 6) is -0.490. The molecule has 2 aromatic carbocycles. The fourth-order valence-corrected chi connectivity index (χ4v) is 3.29. The molecule has 1 aromatic heterocycles. The van der Waals surface area contributed by atoms with Gasteiger partial charge in [0.1, 0.15) is 5.95 Å². The van der Waals surface area contributed by atoms with Crippen molar-refractivity contribution >= 4 is 28.9 Å². The molecule has 126 valence electrons. The van der Waals surface area contributed by atoms with Gasteiger partial charge in [-0.2, -0.15) is 5.10 Å². The molecule has 0 saturated heterocycles. The molecule has 3 aromatic rings. The van der Waals surface area contributed by atoms with Crippen molar-refractivity contribution in [1.29, 1.82) is 0 Å². The van der Waals surface area contributed by atoms with Crippen molar-refractivity contribution in [2.75, 3.05) is 0 Å². The van der Waals surface area contributed by atoms with Gasteiger partial charge in [0.15, 0.2) is 0 Å². The first-order chi connectivity index (χ1) is 12.1. The standard InChI is InChI=1S/C17H12Cl2N4O2/c18-11-3-6-13(14(19)7-11)16-8-15(20-21-16)10-1-4-12(5-2-10)23-9-17(24)25-22-23/h1-7,9,16H,8H2,(H-,21,22,24). The van der Waals surface area contributed by atoms with Crippen LogP contribution in [0.25, 0.3) is 5.69 Å². The van der Waals surface area contributed by atoms with Crippen LogP contribution in [-0.4, -0.2) is 11.0 Å². The molecule has 0 saturated carbocycles. The summed E-state index contributed by atoms with van der Waals surface area (Å²) in [7, 11) is 0. The Morgan fingerprint density at radius 2 is 1.96 bits per heavy atom. The van der Waals surface area contributed by atoms with Crippen LogP contribution in [-0.2, 0) is 0 Å². The highest BCUT2D eigenvalue weighted by molar-refractivity contribution is 6.35. The predicted octanol–water partition coefficient (Wildman–Crippen LogP) is 2.77. The minimum atomic E-state index is -0.490. The molecule has 2 heterocycles. The summed E-state index contributed by atoms with van der Waals surface area (Å²) in [5.41, 5.74) is 6.72. The molecular weight excluding hydrogens is 363 g/mol. The van der Waals surface area contributed by atoms with E-state index in [4.69, 9.17) is 23.2 Å². The van der Waals surface area contributed by atoms with E-state index in [0.29, 0.717) is 16.5 Å². The Morgan fingerprint density at radius 3 is 2.64 bits per heavy atom. The summed E-state index contributed by atoms with van der Waals surface area (Å²) in [4.78, 5) is 0. The summed E-state index contributed by atoms with van der Waals surface area (Å²) in [6, 6.07) is 13.0. The van der Waals surface area contributed by atoms with Gasteiger partial charge >= 0.3 is 0 Å². The van der Waals surface area contributed by atoms with Crippen LogP contribution in [0.2, 0.25) is 10.0 Å². The molecule has 0 fully saturated rings. The Morgan fingerprint density at radius 1 is 1.16 bits per heavy atom. The fourth-order valence-electron chi connectivity index (χ4n) is 2.75. The molecule has 1 aliphatic rings. The number of benzene rings is 2. The van der Waals surface area contributed by atoms with Gasteiger partial charge in [-0.15, -0.1) is 0 Å². The Bertz CT molecular complexity index is 954. The van der Waals surface area contributed by atoms with E-state index >= 15 is 0 Å². The van der Waals surface area contributed by atoms with Crippen LogP contribution >= 0.6 is 23.2 Å². The Balaban J connectivity index is 1.51. The number of nitrogens with zero attached hydrogens (tertiary/aromatic N) is 3. The quantitative estimate of drug-likeness (QED) is 0.715. The SMILES string of the molecule is [O-]c1c[n+](-c2ccc(C3=NNC(c4ccc(Cl)cc4Cl)C3)cc2)no1. The number of hydrogen-bond acceptors (Lipinski definition) is 5. The maximum absolute atomic E-state index is 11.1. The Kier molecular flexibility index (Phi) is 4.07. The van der Waals surface area contributed by atoms with Crippen LogP contribution < -0.4 is 15.2 Å². The highest BCUT2D eigenvalue weighted by atomic mass is 35.5. The van der Waals surface area contributed by atoms with Gasteiger partial charge in [-0.3, -0.25) is 0 Å². The lowest BCUT2D eigenvalue weighted by Crippen LogP contribution is -2.31. The summed E-state index contributed by atoms with van der Waals surface area (Å²) in [5, 5.41) is 20.3. The van der Waals surface area contributed by atoms with Gasteiger partial charge in [0, 0.05) is 28.6 Å². The van der Waals surface area contributed by atoms with Crippen molar-refractivity contribution in [3.05, 3.63) is 69.8 Å². The highest BCUT2D eigenvalue weighted by Gasteiger charge is 2.23. The zero-order chi connectivity index (χ0) is 17.4. The molecule has 4 rings (SSSR count). The van der Waals surface area contributed by atoms with Crippen molar-refractivity contribution in [2.24, 2.45) is 5.10 Å². The number of hydrogen-bond donors (Lipinski definition) is 1. The highest BCUT2D eigenvalue weighted by Crippen LogP contribution is 2.31. The van der Waals surface area contributed by atoms with Crippen molar-refractivity contribution in [3.63, 3.8) is 0 Å². The summed E-state index contributed by atoms with van der Waals surface area (Å²) >= 11 is 12.2. The lowest BCUT2D eigenvalue weighted by Gasteiger charge is -2.12. The number of hydrazone groups is 1. The van der Waals surface area contributed by atoms with Gasteiger partial charge in [0.25, 0.3) is 0 Å². The van der Waals surface area contributed by atoms with Crippen LogP contribution in [0, 0.1) is 0 Å². The van der Waals surface area contributed by atoms with Gasteiger partial charge in [-0.05, 0) is 40.1 Å². The zero-order valence-electron chi connectivity index (χ0n) is 12.8. The minimum Gasteiger partial charge on any atom is -0.539 e. The van der Waals surface area contributed by atoms with E-state index < -0.39 is 5.95 Å². The van der Waals surface area contributed by atoms with E-state index in [0.717, 1.165) is 22.5 Å². The van der Waals surface area contributed by atoms with Crippen LogP contribution in [0.5, 0.6) is 5.95 Å². The first-order valence-corrected chi connectivity index (χ1v) is 8.29. The second-order valence-electron chi connectivity index (χ2n) is 5.62. The first-order valence-electron chi connectivity index (χ1n) is 7.54. The predicted molar refractivity (Wildman–Crippen MR) is 91.0 cm³/mol. The monoisotopic (exact) mass is 374 g/mol. The van der Waals surface area contributed by atoms with Crippen molar-refractivity contribution in [3.8, 4) is 11.6 Å². The zero-order valence-corrected chi connectivity index (χ0v) is 14.3. The molecule has 1 N–H and O–H groups in total. The van der Waals surface area contributed by atoms with E-state index in [1.807, 2.05) is 36.4 Å². The first kappa shape index (κ1) is 15.9. The fraction of sp³-hybridized carbons (Fsp3) is 0.118. The topological polar surface area (TPSA) is 77.4 Å². The molecule has 1 unspecified atom stereocenters. The summed E-state index contributed by atoms with van der Waals surface area (Å²) in [6.07, 6.45) is 1.99. The van der Waals surface area contributed by atoms with Gasteiger partial charge in [0.05, 0.1) is 17.0 Å². The molecule has 0 radical (unpaired) electrons. The third-order valence-electron chi connectivity index (χ3n) is 4.00.